The maximum Gasteiger partial charge on any atom is 0.254 e. The highest BCUT2D eigenvalue weighted by molar-refractivity contribution is 5.98. The second-order valence-electron chi connectivity index (χ2n) is 6.14. The van der Waals surface area contributed by atoms with Crippen molar-refractivity contribution in [2.24, 2.45) is 10.9 Å². The zero-order valence-electron chi connectivity index (χ0n) is 13.2. The third-order valence-electron chi connectivity index (χ3n) is 4.37. The topological polar surface area (TPSA) is 35.9 Å². The summed E-state index contributed by atoms with van der Waals surface area (Å²) in [6.45, 7) is 9.62. The molecule has 22 heavy (non-hydrogen) atoms. The van der Waals surface area contributed by atoms with Gasteiger partial charge in [-0.3, -0.25) is 9.79 Å². The van der Waals surface area contributed by atoms with E-state index in [9.17, 15) is 4.79 Å². The average Bonchev–Trinajstić information content (AvgIpc) is 2.87. The van der Waals surface area contributed by atoms with Crippen LogP contribution in [0.5, 0.6) is 0 Å². The van der Waals surface area contributed by atoms with Crippen molar-refractivity contribution in [2.75, 3.05) is 27.2 Å². The molecule has 0 unspecified atom stereocenters. The SMILES string of the molecule is C=C(C(=C)N1CC(C2=Nc3ccccc3C2)C1)C(=O)N(C)C. The molecule has 4 heteroatoms. The summed E-state index contributed by atoms with van der Waals surface area (Å²) in [7, 11) is 3.45. The number of para-hydroxylation sites is 1. The van der Waals surface area contributed by atoms with Gasteiger partial charge >= 0.3 is 0 Å². The molecule has 2 aliphatic rings. The molecule has 3 rings (SSSR count). The fraction of sp³-hybridized carbons (Fsp3) is 0.333. The van der Waals surface area contributed by atoms with Crippen LogP contribution in [0.3, 0.4) is 0 Å². The Morgan fingerprint density at radius 3 is 2.59 bits per heavy atom. The van der Waals surface area contributed by atoms with Crippen LogP contribution in [0, 0.1) is 5.92 Å². The Hall–Kier alpha value is -2.36. The summed E-state index contributed by atoms with van der Waals surface area (Å²) >= 11 is 0. The number of nitrogens with zero attached hydrogens (tertiary/aromatic N) is 3. The summed E-state index contributed by atoms with van der Waals surface area (Å²) in [5.41, 5.74) is 4.85. The lowest BCUT2D eigenvalue weighted by Gasteiger charge is -2.42. The fourth-order valence-corrected chi connectivity index (χ4v) is 2.89. The van der Waals surface area contributed by atoms with Crippen LogP contribution >= 0.6 is 0 Å². The smallest absolute Gasteiger partial charge is 0.254 e. The Morgan fingerprint density at radius 1 is 1.27 bits per heavy atom. The molecule has 0 radical (unpaired) electrons. The number of likely N-dealkylation sites (tertiary alicyclic amines) is 1. The number of hydrogen-bond acceptors (Lipinski definition) is 3. The Balaban J connectivity index is 1.58. The number of fused-ring (bicyclic) bond motifs is 1. The van der Waals surface area contributed by atoms with Gasteiger partial charge in [-0.2, -0.15) is 0 Å². The van der Waals surface area contributed by atoms with E-state index in [1.165, 1.54) is 16.2 Å². The molecule has 4 nitrogen and oxygen atoms in total. The lowest BCUT2D eigenvalue weighted by Crippen LogP contribution is -2.50. The van der Waals surface area contributed by atoms with Crippen molar-refractivity contribution in [3.05, 3.63) is 54.3 Å². The summed E-state index contributed by atoms with van der Waals surface area (Å²) in [5.74, 6) is 0.366. The van der Waals surface area contributed by atoms with Crippen LogP contribution in [0.2, 0.25) is 0 Å². The minimum absolute atomic E-state index is 0.0842. The third kappa shape index (κ3) is 2.45. The molecular formula is C18H21N3O. The van der Waals surface area contributed by atoms with Gasteiger partial charge in [0.1, 0.15) is 0 Å². The van der Waals surface area contributed by atoms with Crippen molar-refractivity contribution in [3.63, 3.8) is 0 Å². The maximum atomic E-state index is 11.9. The summed E-state index contributed by atoms with van der Waals surface area (Å²) in [5, 5.41) is 0. The number of carbonyl (C=O) groups is 1. The number of likely N-dealkylation sites (N-methyl/N-ethyl adjacent to an activating group) is 1. The van der Waals surface area contributed by atoms with E-state index in [-0.39, 0.29) is 5.91 Å². The molecule has 0 aromatic heterocycles. The van der Waals surface area contributed by atoms with Gasteiger partial charge in [0.2, 0.25) is 0 Å². The molecule has 0 N–H and O–H groups in total. The molecule has 114 valence electrons. The number of aliphatic imine (C=N–C) groups is 1. The average molecular weight is 295 g/mol. The summed E-state index contributed by atoms with van der Waals surface area (Å²) < 4.78 is 0. The van der Waals surface area contributed by atoms with Crippen molar-refractivity contribution < 1.29 is 4.79 Å². The Bertz CT molecular complexity index is 681. The van der Waals surface area contributed by atoms with Gasteiger partial charge < -0.3 is 9.80 Å². The predicted octanol–water partition coefficient (Wildman–Crippen LogP) is 2.41. The van der Waals surface area contributed by atoms with E-state index in [1.807, 2.05) is 6.07 Å². The van der Waals surface area contributed by atoms with Crippen molar-refractivity contribution in [1.29, 1.82) is 0 Å². The van der Waals surface area contributed by atoms with E-state index in [0.717, 1.165) is 30.9 Å². The molecule has 1 aromatic rings. The van der Waals surface area contributed by atoms with E-state index in [2.05, 4.69) is 36.3 Å². The van der Waals surface area contributed by atoms with Crippen molar-refractivity contribution in [1.82, 2.24) is 9.80 Å². The highest BCUT2D eigenvalue weighted by Crippen LogP contribution is 2.33. The van der Waals surface area contributed by atoms with Gasteiger partial charge in [0.15, 0.2) is 0 Å². The van der Waals surface area contributed by atoms with Crippen molar-refractivity contribution in [2.45, 2.75) is 6.42 Å². The summed E-state index contributed by atoms with van der Waals surface area (Å²) in [6.07, 6.45) is 0.943. The third-order valence-corrected chi connectivity index (χ3v) is 4.37. The number of benzene rings is 1. The lowest BCUT2D eigenvalue weighted by molar-refractivity contribution is -0.124. The number of carbonyl (C=O) groups excluding carboxylic acids is 1. The monoisotopic (exact) mass is 295 g/mol. The molecule has 1 saturated heterocycles. The highest BCUT2D eigenvalue weighted by atomic mass is 16.2. The minimum atomic E-state index is -0.0842. The van der Waals surface area contributed by atoms with E-state index >= 15 is 0 Å². The van der Waals surface area contributed by atoms with E-state index in [4.69, 9.17) is 4.99 Å². The zero-order valence-corrected chi connectivity index (χ0v) is 13.2. The largest absolute Gasteiger partial charge is 0.370 e. The second-order valence-corrected chi connectivity index (χ2v) is 6.14. The van der Waals surface area contributed by atoms with Crippen LogP contribution < -0.4 is 0 Å². The van der Waals surface area contributed by atoms with Crippen molar-refractivity contribution >= 4 is 17.3 Å². The van der Waals surface area contributed by atoms with Gasteiger partial charge in [0, 0.05) is 50.9 Å². The molecule has 2 heterocycles. The first kappa shape index (κ1) is 14.6. The van der Waals surface area contributed by atoms with E-state index in [0.29, 0.717) is 11.5 Å². The molecule has 0 saturated carbocycles. The van der Waals surface area contributed by atoms with Gasteiger partial charge in [0.05, 0.1) is 11.3 Å². The minimum Gasteiger partial charge on any atom is -0.370 e. The zero-order chi connectivity index (χ0) is 15.9. The summed E-state index contributed by atoms with van der Waals surface area (Å²) in [6, 6.07) is 8.29. The van der Waals surface area contributed by atoms with Crippen molar-refractivity contribution in [3.8, 4) is 0 Å². The van der Waals surface area contributed by atoms with Gasteiger partial charge in [0.25, 0.3) is 5.91 Å². The first-order valence-electron chi connectivity index (χ1n) is 7.47. The highest BCUT2D eigenvalue weighted by Gasteiger charge is 2.35. The van der Waals surface area contributed by atoms with Gasteiger partial charge in [-0.1, -0.05) is 31.4 Å². The second kappa shape index (κ2) is 5.44. The molecule has 0 spiro atoms. The predicted molar refractivity (Wildman–Crippen MR) is 89.3 cm³/mol. The van der Waals surface area contributed by atoms with Crippen LogP contribution in [-0.2, 0) is 11.2 Å². The molecular weight excluding hydrogens is 274 g/mol. The van der Waals surface area contributed by atoms with Crippen LogP contribution in [-0.4, -0.2) is 48.6 Å². The fourth-order valence-electron chi connectivity index (χ4n) is 2.89. The quantitative estimate of drug-likeness (QED) is 0.632. The first-order valence-corrected chi connectivity index (χ1v) is 7.47. The van der Waals surface area contributed by atoms with Gasteiger partial charge in [-0.15, -0.1) is 0 Å². The molecule has 0 atom stereocenters. The van der Waals surface area contributed by atoms with Gasteiger partial charge in [-0.25, -0.2) is 0 Å². The molecule has 2 aliphatic heterocycles. The van der Waals surface area contributed by atoms with Crippen LogP contribution in [0.25, 0.3) is 0 Å². The number of rotatable bonds is 4. The molecule has 1 aromatic carbocycles. The van der Waals surface area contributed by atoms with Crippen LogP contribution in [0.1, 0.15) is 5.56 Å². The maximum absolute atomic E-state index is 11.9. The molecule has 0 bridgehead atoms. The van der Waals surface area contributed by atoms with Crippen LogP contribution in [0.15, 0.2) is 53.7 Å². The standard InChI is InChI=1S/C18H21N3O/c1-12(18(22)20(3)4)13(2)21-10-15(11-21)17-9-14-7-5-6-8-16(14)19-17/h5-8,15H,1-2,9-11H2,3-4H3. The Kier molecular flexibility index (Phi) is 3.61. The van der Waals surface area contributed by atoms with E-state index in [1.54, 1.807) is 14.1 Å². The summed E-state index contributed by atoms with van der Waals surface area (Å²) in [4.78, 5) is 20.3. The Labute approximate surface area is 131 Å². The lowest BCUT2D eigenvalue weighted by atomic mass is 9.90. The first-order chi connectivity index (χ1) is 10.5. The molecule has 1 fully saturated rings. The van der Waals surface area contributed by atoms with E-state index < -0.39 is 0 Å². The molecule has 0 aliphatic carbocycles. The number of amides is 1. The normalized spacial score (nSPS) is 16.6. The molecule has 1 amide bonds. The van der Waals surface area contributed by atoms with Gasteiger partial charge in [-0.05, 0) is 11.6 Å². The Morgan fingerprint density at radius 2 is 1.95 bits per heavy atom. The number of hydrogen-bond donors (Lipinski definition) is 0. The van der Waals surface area contributed by atoms with Crippen LogP contribution in [0.4, 0.5) is 5.69 Å².